The Kier molecular flexibility index (Phi) is 5.44. The molecule has 4 heteroatoms. The molecule has 130 valence electrons. The van der Waals surface area contributed by atoms with Crippen LogP contribution in [0.4, 0.5) is 0 Å². The van der Waals surface area contributed by atoms with Crippen molar-refractivity contribution >= 4 is 12.3 Å². The molecule has 0 aromatic heterocycles. The van der Waals surface area contributed by atoms with Crippen molar-refractivity contribution < 1.29 is 19.1 Å². The lowest BCUT2D eigenvalue weighted by molar-refractivity contribution is 0.0734. The summed E-state index contributed by atoms with van der Waals surface area (Å²) in [6.45, 7) is 2.50. The summed E-state index contributed by atoms with van der Waals surface area (Å²) in [6, 6.07) is 21.3. The monoisotopic (exact) mass is 346 g/mol. The summed E-state index contributed by atoms with van der Waals surface area (Å²) >= 11 is 0. The highest BCUT2D eigenvalue weighted by molar-refractivity contribution is 5.91. The molecule has 0 aliphatic heterocycles. The molecule has 3 rings (SSSR count). The molecule has 0 spiro atoms. The first-order valence-corrected chi connectivity index (χ1v) is 8.30. The Bertz CT molecular complexity index is 879. The number of carbonyl (C=O) groups is 2. The molecule has 3 aromatic carbocycles. The molecule has 0 aliphatic rings. The minimum Gasteiger partial charge on any atom is -0.494 e. The quantitative estimate of drug-likeness (QED) is 0.366. The number of ether oxygens (including phenoxy) is 2. The van der Waals surface area contributed by atoms with Crippen molar-refractivity contribution in [2.75, 3.05) is 6.61 Å². The van der Waals surface area contributed by atoms with Crippen LogP contribution in [0.2, 0.25) is 0 Å². The van der Waals surface area contributed by atoms with Gasteiger partial charge in [0, 0.05) is 5.56 Å². The summed E-state index contributed by atoms with van der Waals surface area (Å²) in [6.07, 6.45) is 0.809. The Morgan fingerprint density at radius 2 is 1.35 bits per heavy atom. The average molecular weight is 346 g/mol. The molecule has 0 saturated heterocycles. The number of hydrogen-bond acceptors (Lipinski definition) is 4. The molecule has 26 heavy (non-hydrogen) atoms. The molecule has 0 unspecified atom stereocenters. The predicted molar refractivity (Wildman–Crippen MR) is 99.8 cm³/mol. The van der Waals surface area contributed by atoms with E-state index in [0.717, 1.165) is 23.2 Å². The van der Waals surface area contributed by atoms with E-state index < -0.39 is 5.97 Å². The molecule has 0 N–H and O–H groups in total. The lowest BCUT2D eigenvalue weighted by atomic mass is 10.0. The average Bonchev–Trinajstić information content (AvgIpc) is 2.70. The summed E-state index contributed by atoms with van der Waals surface area (Å²) in [4.78, 5) is 23.0. The molecule has 0 fully saturated rings. The van der Waals surface area contributed by atoms with Gasteiger partial charge in [-0.15, -0.1) is 0 Å². The molecule has 0 aliphatic carbocycles. The molecule has 0 saturated carbocycles. The fourth-order valence-electron chi connectivity index (χ4n) is 2.49. The summed E-state index contributed by atoms with van der Waals surface area (Å²) in [5.74, 6) is 0.779. The smallest absolute Gasteiger partial charge is 0.343 e. The first-order valence-electron chi connectivity index (χ1n) is 8.30. The van der Waals surface area contributed by atoms with Gasteiger partial charge in [0.1, 0.15) is 17.8 Å². The van der Waals surface area contributed by atoms with Gasteiger partial charge in [-0.2, -0.15) is 0 Å². The third kappa shape index (κ3) is 4.16. The lowest BCUT2D eigenvalue weighted by Crippen LogP contribution is -2.08. The van der Waals surface area contributed by atoms with E-state index in [9.17, 15) is 9.59 Å². The SMILES string of the molecule is CCOc1ccc(OC(=O)c2ccc(-c3ccc(C=O)cc3)cc2)cc1. The minimum absolute atomic E-state index is 0.419. The highest BCUT2D eigenvalue weighted by Crippen LogP contribution is 2.22. The van der Waals surface area contributed by atoms with E-state index in [2.05, 4.69) is 0 Å². The zero-order valence-corrected chi connectivity index (χ0v) is 14.3. The second-order valence-corrected chi connectivity index (χ2v) is 5.61. The first-order chi connectivity index (χ1) is 12.7. The van der Waals surface area contributed by atoms with E-state index >= 15 is 0 Å². The van der Waals surface area contributed by atoms with Gasteiger partial charge in [-0.1, -0.05) is 36.4 Å². The van der Waals surface area contributed by atoms with Gasteiger partial charge in [0.25, 0.3) is 0 Å². The van der Waals surface area contributed by atoms with Gasteiger partial charge in [-0.3, -0.25) is 4.79 Å². The van der Waals surface area contributed by atoms with E-state index in [1.54, 1.807) is 48.5 Å². The van der Waals surface area contributed by atoms with Crippen LogP contribution in [-0.4, -0.2) is 18.9 Å². The van der Waals surface area contributed by atoms with E-state index in [1.165, 1.54) is 0 Å². The van der Waals surface area contributed by atoms with Gasteiger partial charge >= 0.3 is 5.97 Å². The molecule has 0 amide bonds. The van der Waals surface area contributed by atoms with Gasteiger partial charge in [0.2, 0.25) is 0 Å². The maximum absolute atomic E-state index is 12.3. The van der Waals surface area contributed by atoms with E-state index in [1.807, 2.05) is 31.2 Å². The van der Waals surface area contributed by atoms with Gasteiger partial charge in [-0.05, 0) is 54.4 Å². The first kappa shape index (κ1) is 17.4. The zero-order valence-electron chi connectivity index (χ0n) is 14.3. The third-order valence-corrected chi connectivity index (χ3v) is 3.85. The number of rotatable bonds is 6. The maximum atomic E-state index is 12.3. The summed E-state index contributed by atoms with van der Waals surface area (Å²) in [7, 11) is 0. The van der Waals surface area contributed by atoms with E-state index in [-0.39, 0.29) is 0 Å². The fraction of sp³-hybridized carbons (Fsp3) is 0.0909. The summed E-state index contributed by atoms with van der Waals surface area (Å²) in [5.41, 5.74) is 3.03. The topological polar surface area (TPSA) is 52.6 Å². The Balaban J connectivity index is 1.68. The second kappa shape index (κ2) is 8.12. The van der Waals surface area contributed by atoms with Crippen molar-refractivity contribution in [3.05, 3.63) is 83.9 Å². The Morgan fingerprint density at radius 3 is 1.88 bits per heavy atom. The Morgan fingerprint density at radius 1 is 0.808 bits per heavy atom. The zero-order chi connectivity index (χ0) is 18.4. The highest BCUT2D eigenvalue weighted by atomic mass is 16.5. The van der Waals surface area contributed by atoms with Gasteiger partial charge < -0.3 is 9.47 Å². The predicted octanol–water partition coefficient (Wildman–Crippen LogP) is 4.78. The summed E-state index contributed by atoms with van der Waals surface area (Å²) in [5, 5.41) is 0. The van der Waals surface area contributed by atoms with Crippen LogP contribution in [0.15, 0.2) is 72.8 Å². The van der Waals surface area contributed by atoms with Gasteiger partial charge in [-0.25, -0.2) is 4.79 Å². The fourth-order valence-corrected chi connectivity index (χ4v) is 2.49. The Labute approximate surface area is 152 Å². The molecule has 0 radical (unpaired) electrons. The van der Waals surface area contributed by atoms with Gasteiger partial charge in [0.05, 0.1) is 12.2 Å². The molecular formula is C22H18O4. The molecule has 0 heterocycles. The second-order valence-electron chi connectivity index (χ2n) is 5.61. The van der Waals surface area contributed by atoms with Crippen molar-refractivity contribution in [1.29, 1.82) is 0 Å². The van der Waals surface area contributed by atoms with Crippen molar-refractivity contribution in [2.24, 2.45) is 0 Å². The molecule has 3 aromatic rings. The van der Waals surface area contributed by atoms with Crippen molar-refractivity contribution in [1.82, 2.24) is 0 Å². The van der Waals surface area contributed by atoms with Crippen molar-refractivity contribution in [3.63, 3.8) is 0 Å². The standard InChI is InChI=1S/C22H18O4/c1-2-25-20-11-13-21(14-12-20)26-22(24)19-9-7-18(8-10-19)17-5-3-16(15-23)4-6-17/h3-15H,2H2,1H3. The molecule has 0 bridgehead atoms. The van der Waals surface area contributed by atoms with Crippen LogP contribution < -0.4 is 9.47 Å². The molecular weight excluding hydrogens is 328 g/mol. The van der Waals surface area contributed by atoms with Crippen molar-refractivity contribution in [3.8, 4) is 22.6 Å². The Hall–Kier alpha value is -3.40. The number of aldehydes is 1. The van der Waals surface area contributed by atoms with Crippen LogP contribution >= 0.6 is 0 Å². The third-order valence-electron chi connectivity index (χ3n) is 3.85. The van der Waals surface area contributed by atoms with Gasteiger partial charge in [0.15, 0.2) is 0 Å². The highest BCUT2D eigenvalue weighted by Gasteiger charge is 2.09. The van der Waals surface area contributed by atoms with E-state index in [4.69, 9.17) is 9.47 Å². The largest absolute Gasteiger partial charge is 0.494 e. The van der Waals surface area contributed by atoms with Crippen LogP contribution in [0.3, 0.4) is 0 Å². The minimum atomic E-state index is -0.419. The van der Waals surface area contributed by atoms with Crippen molar-refractivity contribution in [2.45, 2.75) is 6.92 Å². The number of hydrogen-bond donors (Lipinski definition) is 0. The van der Waals surface area contributed by atoms with Crippen LogP contribution in [-0.2, 0) is 0 Å². The number of benzene rings is 3. The summed E-state index contributed by atoms with van der Waals surface area (Å²) < 4.78 is 10.7. The number of esters is 1. The lowest BCUT2D eigenvalue weighted by Gasteiger charge is -2.07. The number of carbonyl (C=O) groups excluding carboxylic acids is 2. The molecule has 4 nitrogen and oxygen atoms in total. The van der Waals surface area contributed by atoms with Crippen LogP contribution in [0.25, 0.3) is 11.1 Å². The molecule has 0 atom stereocenters. The van der Waals surface area contributed by atoms with E-state index in [0.29, 0.717) is 23.5 Å². The maximum Gasteiger partial charge on any atom is 0.343 e. The normalized spacial score (nSPS) is 10.2. The van der Waals surface area contributed by atoms with Crippen LogP contribution in [0.1, 0.15) is 27.6 Å². The van der Waals surface area contributed by atoms with Crippen LogP contribution in [0, 0.1) is 0 Å². The van der Waals surface area contributed by atoms with Crippen LogP contribution in [0.5, 0.6) is 11.5 Å².